The van der Waals surface area contributed by atoms with Gasteiger partial charge in [0.15, 0.2) is 5.82 Å². The first-order valence-corrected chi connectivity index (χ1v) is 6.98. The van der Waals surface area contributed by atoms with Gasteiger partial charge >= 0.3 is 5.97 Å². The number of hydrogen-bond donors (Lipinski definition) is 2. The molecule has 1 aliphatic rings. The fourth-order valence-corrected chi connectivity index (χ4v) is 2.76. The van der Waals surface area contributed by atoms with Gasteiger partial charge in [0, 0.05) is 6.42 Å². The number of carboxylic acids is 1. The molecule has 1 saturated heterocycles. The Kier molecular flexibility index (Phi) is 3.66. The van der Waals surface area contributed by atoms with Crippen LogP contribution in [-0.4, -0.2) is 44.4 Å². The van der Waals surface area contributed by atoms with Crippen LogP contribution in [0.1, 0.15) is 18.7 Å². The standard InChI is InChI=1S/C14H17N5O2/c20-13(21)14(6-8-15-9-7-14)10-12-16-17-18-19(12)11-4-2-1-3-5-11/h1-5,15H,6-10H2,(H,20,21). The quantitative estimate of drug-likeness (QED) is 0.858. The normalized spacial score (nSPS) is 17.5. The maximum absolute atomic E-state index is 11.7. The molecule has 0 bridgehead atoms. The van der Waals surface area contributed by atoms with Crippen LogP contribution in [-0.2, 0) is 11.2 Å². The van der Waals surface area contributed by atoms with E-state index in [0.29, 0.717) is 38.2 Å². The summed E-state index contributed by atoms with van der Waals surface area (Å²) in [4.78, 5) is 11.7. The van der Waals surface area contributed by atoms with E-state index in [2.05, 4.69) is 20.8 Å². The molecule has 0 aliphatic carbocycles. The minimum Gasteiger partial charge on any atom is -0.481 e. The lowest BCUT2D eigenvalue weighted by Gasteiger charge is -2.33. The zero-order valence-electron chi connectivity index (χ0n) is 11.6. The van der Waals surface area contributed by atoms with Crippen molar-refractivity contribution in [3.05, 3.63) is 36.2 Å². The molecule has 2 heterocycles. The minimum absolute atomic E-state index is 0.339. The third-order valence-corrected chi connectivity index (χ3v) is 4.05. The Labute approximate surface area is 122 Å². The van der Waals surface area contributed by atoms with Crippen LogP contribution in [0.15, 0.2) is 30.3 Å². The van der Waals surface area contributed by atoms with Crippen LogP contribution in [0, 0.1) is 5.41 Å². The molecule has 0 unspecified atom stereocenters. The number of nitrogens with one attached hydrogen (secondary N) is 1. The summed E-state index contributed by atoms with van der Waals surface area (Å²) in [6, 6.07) is 9.51. The summed E-state index contributed by atoms with van der Waals surface area (Å²) in [6.45, 7) is 1.42. The van der Waals surface area contributed by atoms with Crippen molar-refractivity contribution in [2.45, 2.75) is 19.3 Å². The molecule has 0 atom stereocenters. The van der Waals surface area contributed by atoms with Crippen molar-refractivity contribution in [3.8, 4) is 5.69 Å². The van der Waals surface area contributed by atoms with Crippen LogP contribution in [0.2, 0.25) is 0 Å². The third-order valence-electron chi connectivity index (χ3n) is 4.05. The average Bonchev–Trinajstić information content (AvgIpc) is 2.97. The van der Waals surface area contributed by atoms with Gasteiger partial charge in [-0.15, -0.1) is 5.10 Å². The van der Waals surface area contributed by atoms with E-state index in [1.165, 1.54) is 0 Å². The van der Waals surface area contributed by atoms with Crippen LogP contribution in [0.5, 0.6) is 0 Å². The fourth-order valence-electron chi connectivity index (χ4n) is 2.76. The Morgan fingerprint density at radius 3 is 2.67 bits per heavy atom. The van der Waals surface area contributed by atoms with Crippen LogP contribution in [0.3, 0.4) is 0 Å². The van der Waals surface area contributed by atoms with Crippen molar-refractivity contribution in [1.29, 1.82) is 0 Å². The third kappa shape index (κ3) is 2.64. The molecular weight excluding hydrogens is 270 g/mol. The predicted octanol–water partition coefficient (Wildman–Crippen LogP) is 0.659. The highest BCUT2D eigenvalue weighted by atomic mass is 16.4. The summed E-state index contributed by atoms with van der Waals surface area (Å²) >= 11 is 0. The van der Waals surface area contributed by atoms with Gasteiger partial charge in [-0.25, -0.2) is 0 Å². The molecule has 0 radical (unpaired) electrons. The number of para-hydroxylation sites is 1. The summed E-state index contributed by atoms with van der Waals surface area (Å²) in [6.07, 6.45) is 1.51. The largest absolute Gasteiger partial charge is 0.481 e. The Balaban J connectivity index is 1.91. The second-order valence-electron chi connectivity index (χ2n) is 5.35. The molecule has 2 N–H and O–H groups in total. The Morgan fingerprint density at radius 1 is 1.29 bits per heavy atom. The van der Waals surface area contributed by atoms with E-state index >= 15 is 0 Å². The van der Waals surface area contributed by atoms with E-state index < -0.39 is 11.4 Å². The summed E-state index contributed by atoms with van der Waals surface area (Å²) in [5.41, 5.74) is 0.0546. The average molecular weight is 287 g/mol. The number of aliphatic carboxylic acids is 1. The molecule has 1 aliphatic heterocycles. The SMILES string of the molecule is O=C(O)C1(Cc2nnnn2-c2ccccc2)CCNCC1. The van der Waals surface area contributed by atoms with E-state index in [9.17, 15) is 9.90 Å². The Morgan fingerprint density at radius 2 is 2.00 bits per heavy atom. The number of hydrogen-bond acceptors (Lipinski definition) is 5. The number of rotatable bonds is 4. The summed E-state index contributed by atoms with van der Waals surface area (Å²) in [5, 5.41) is 24.6. The smallest absolute Gasteiger partial charge is 0.310 e. The summed E-state index contributed by atoms with van der Waals surface area (Å²) < 4.78 is 1.62. The number of carboxylic acid groups (broad SMARTS) is 1. The molecule has 1 aromatic heterocycles. The molecule has 7 heteroatoms. The van der Waals surface area contributed by atoms with E-state index in [-0.39, 0.29) is 0 Å². The number of aromatic nitrogens is 4. The summed E-state index contributed by atoms with van der Waals surface area (Å²) in [7, 11) is 0. The second kappa shape index (κ2) is 5.61. The van der Waals surface area contributed by atoms with Crippen molar-refractivity contribution in [1.82, 2.24) is 25.5 Å². The maximum atomic E-state index is 11.7. The van der Waals surface area contributed by atoms with Gasteiger partial charge in [0.2, 0.25) is 0 Å². The van der Waals surface area contributed by atoms with Crippen molar-refractivity contribution in [3.63, 3.8) is 0 Å². The first kappa shape index (κ1) is 13.7. The Hall–Kier alpha value is -2.28. The molecule has 1 fully saturated rings. The highest BCUT2D eigenvalue weighted by Crippen LogP contribution is 2.33. The molecule has 0 spiro atoms. The molecule has 1 aromatic carbocycles. The highest BCUT2D eigenvalue weighted by Gasteiger charge is 2.41. The van der Waals surface area contributed by atoms with Crippen molar-refractivity contribution >= 4 is 5.97 Å². The number of nitrogens with zero attached hydrogens (tertiary/aromatic N) is 4. The van der Waals surface area contributed by atoms with Crippen molar-refractivity contribution in [2.24, 2.45) is 5.41 Å². The minimum atomic E-state index is -0.785. The molecule has 2 aromatic rings. The number of tetrazole rings is 1. The molecule has 0 amide bonds. The first-order valence-electron chi connectivity index (χ1n) is 6.98. The van der Waals surface area contributed by atoms with Crippen LogP contribution in [0.4, 0.5) is 0 Å². The lowest BCUT2D eigenvalue weighted by molar-refractivity contribution is -0.150. The van der Waals surface area contributed by atoms with Gasteiger partial charge in [-0.3, -0.25) is 4.79 Å². The second-order valence-corrected chi connectivity index (χ2v) is 5.35. The van der Waals surface area contributed by atoms with E-state index in [0.717, 1.165) is 5.69 Å². The maximum Gasteiger partial charge on any atom is 0.310 e. The molecule has 110 valence electrons. The van der Waals surface area contributed by atoms with Gasteiger partial charge < -0.3 is 10.4 Å². The van der Waals surface area contributed by atoms with E-state index in [4.69, 9.17) is 0 Å². The van der Waals surface area contributed by atoms with Gasteiger partial charge in [0.05, 0.1) is 11.1 Å². The number of carbonyl (C=O) groups is 1. The monoisotopic (exact) mass is 287 g/mol. The summed E-state index contributed by atoms with van der Waals surface area (Å²) in [5.74, 6) is -0.183. The fraction of sp³-hybridized carbons (Fsp3) is 0.429. The van der Waals surface area contributed by atoms with Gasteiger partial charge in [0.1, 0.15) is 0 Å². The van der Waals surface area contributed by atoms with Crippen molar-refractivity contribution < 1.29 is 9.90 Å². The predicted molar refractivity (Wildman–Crippen MR) is 75.0 cm³/mol. The first-order chi connectivity index (χ1) is 10.2. The lowest BCUT2D eigenvalue weighted by atomic mass is 9.76. The molecular formula is C14H17N5O2. The number of benzene rings is 1. The van der Waals surface area contributed by atoms with Crippen LogP contribution in [0.25, 0.3) is 5.69 Å². The molecule has 21 heavy (non-hydrogen) atoms. The van der Waals surface area contributed by atoms with Crippen molar-refractivity contribution in [2.75, 3.05) is 13.1 Å². The molecule has 0 saturated carbocycles. The lowest BCUT2D eigenvalue weighted by Crippen LogP contribution is -2.44. The van der Waals surface area contributed by atoms with Gasteiger partial charge in [0.25, 0.3) is 0 Å². The zero-order valence-corrected chi connectivity index (χ0v) is 11.6. The van der Waals surface area contributed by atoms with Gasteiger partial charge in [-0.05, 0) is 48.5 Å². The molecule has 3 rings (SSSR count). The van der Waals surface area contributed by atoms with E-state index in [1.54, 1.807) is 4.68 Å². The Bertz CT molecular complexity index is 619. The zero-order chi connectivity index (χ0) is 14.7. The van der Waals surface area contributed by atoms with Gasteiger partial charge in [-0.2, -0.15) is 4.68 Å². The molecule has 7 nitrogen and oxygen atoms in total. The highest BCUT2D eigenvalue weighted by molar-refractivity contribution is 5.75. The number of piperidine rings is 1. The van der Waals surface area contributed by atoms with Crippen LogP contribution < -0.4 is 5.32 Å². The topological polar surface area (TPSA) is 92.9 Å². The van der Waals surface area contributed by atoms with E-state index in [1.807, 2.05) is 30.3 Å². The van der Waals surface area contributed by atoms with Crippen LogP contribution >= 0.6 is 0 Å². The van der Waals surface area contributed by atoms with Gasteiger partial charge in [-0.1, -0.05) is 18.2 Å².